The standard InChI is InChI=1S/C10H9ClN2OS/c11-8-2-1-7(6-12)9(5-8)15-10-13-3-4-14-10/h1-5H,6,12H2. The third-order valence-electron chi connectivity index (χ3n) is 1.86. The first-order valence-corrected chi connectivity index (χ1v) is 5.55. The minimum absolute atomic E-state index is 0.472. The van der Waals surface area contributed by atoms with Crippen molar-refractivity contribution in [2.24, 2.45) is 5.73 Å². The zero-order chi connectivity index (χ0) is 10.7. The fourth-order valence-electron chi connectivity index (χ4n) is 1.15. The fourth-order valence-corrected chi connectivity index (χ4v) is 2.26. The van der Waals surface area contributed by atoms with E-state index in [0.717, 1.165) is 10.5 Å². The summed E-state index contributed by atoms with van der Waals surface area (Å²) in [5.41, 5.74) is 6.65. The van der Waals surface area contributed by atoms with Gasteiger partial charge in [0, 0.05) is 16.5 Å². The Morgan fingerprint density at radius 2 is 2.33 bits per heavy atom. The van der Waals surface area contributed by atoms with Crippen molar-refractivity contribution in [3.63, 3.8) is 0 Å². The molecule has 0 spiro atoms. The van der Waals surface area contributed by atoms with E-state index in [1.165, 1.54) is 18.0 Å². The van der Waals surface area contributed by atoms with Gasteiger partial charge in [0.1, 0.15) is 6.26 Å². The molecule has 2 aromatic rings. The lowest BCUT2D eigenvalue weighted by Crippen LogP contribution is -1.97. The Bertz CT molecular complexity index is 445. The van der Waals surface area contributed by atoms with Crippen molar-refractivity contribution in [3.8, 4) is 0 Å². The molecule has 0 aliphatic rings. The number of benzene rings is 1. The number of halogens is 1. The van der Waals surface area contributed by atoms with Gasteiger partial charge in [0.25, 0.3) is 5.22 Å². The van der Waals surface area contributed by atoms with Gasteiger partial charge in [-0.3, -0.25) is 0 Å². The van der Waals surface area contributed by atoms with Crippen molar-refractivity contribution >= 4 is 23.4 Å². The third kappa shape index (κ3) is 2.53. The lowest BCUT2D eigenvalue weighted by Gasteiger charge is -2.04. The second-order valence-corrected chi connectivity index (χ2v) is 4.29. The van der Waals surface area contributed by atoms with Gasteiger partial charge in [-0.25, -0.2) is 4.98 Å². The van der Waals surface area contributed by atoms with E-state index in [9.17, 15) is 0 Å². The van der Waals surface area contributed by atoms with Crippen LogP contribution in [0.15, 0.2) is 45.2 Å². The van der Waals surface area contributed by atoms with Gasteiger partial charge in [0.15, 0.2) is 0 Å². The van der Waals surface area contributed by atoms with Crippen LogP contribution >= 0.6 is 23.4 Å². The van der Waals surface area contributed by atoms with Gasteiger partial charge in [-0.2, -0.15) is 0 Å². The molecule has 0 unspecified atom stereocenters. The normalized spacial score (nSPS) is 10.5. The summed E-state index contributed by atoms with van der Waals surface area (Å²) < 4.78 is 5.14. The van der Waals surface area contributed by atoms with Crippen molar-refractivity contribution < 1.29 is 4.42 Å². The number of aromatic nitrogens is 1. The predicted octanol–water partition coefficient (Wildman–Crippen LogP) is 2.94. The predicted molar refractivity (Wildman–Crippen MR) is 60.0 cm³/mol. The van der Waals surface area contributed by atoms with Crippen LogP contribution in [-0.2, 0) is 6.54 Å². The molecule has 0 saturated heterocycles. The van der Waals surface area contributed by atoms with Gasteiger partial charge >= 0.3 is 0 Å². The molecule has 0 fully saturated rings. The molecule has 1 aromatic heterocycles. The number of oxazole rings is 1. The summed E-state index contributed by atoms with van der Waals surface area (Å²) in [4.78, 5) is 5.01. The Hall–Kier alpha value is -0.970. The molecule has 1 heterocycles. The zero-order valence-electron chi connectivity index (χ0n) is 7.81. The zero-order valence-corrected chi connectivity index (χ0v) is 9.39. The highest BCUT2D eigenvalue weighted by molar-refractivity contribution is 7.99. The molecule has 0 amide bonds. The molecule has 0 bridgehead atoms. The number of nitrogens with zero attached hydrogens (tertiary/aromatic N) is 1. The number of rotatable bonds is 3. The van der Waals surface area contributed by atoms with Gasteiger partial charge < -0.3 is 10.2 Å². The van der Waals surface area contributed by atoms with Crippen LogP contribution in [0.3, 0.4) is 0 Å². The Morgan fingerprint density at radius 1 is 1.47 bits per heavy atom. The maximum Gasteiger partial charge on any atom is 0.260 e. The number of hydrogen-bond donors (Lipinski definition) is 1. The van der Waals surface area contributed by atoms with E-state index in [4.69, 9.17) is 21.8 Å². The van der Waals surface area contributed by atoms with Crippen LogP contribution in [0.5, 0.6) is 0 Å². The highest BCUT2D eigenvalue weighted by Crippen LogP contribution is 2.31. The molecule has 0 atom stereocenters. The molecule has 0 aliphatic heterocycles. The van der Waals surface area contributed by atoms with E-state index in [1.807, 2.05) is 18.2 Å². The molecule has 78 valence electrons. The lowest BCUT2D eigenvalue weighted by atomic mass is 10.2. The molecule has 1 aromatic carbocycles. The van der Waals surface area contributed by atoms with E-state index >= 15 is 0 Å². The Labute approximate surface area is 96.6 Å². The van der Waals surface area contributed by atoms with Crippen LogP contribution < -0.4 is 5.73 Å². The molecule has 2 rings (SSSR count). The van der Waals surface area contributed by atoms with Crippen LogP contribution in [0, 0.1) is 0 Å². The van der Waals surface area contributed by atoms with E-state index in [2.05, 4.69) is 4.98 Å². The van der Waals surface area contributed by atoms with Crippen LogP contribution in [0.25, 0.3) is 0 Å². The summed E-state index contributed by atoms with van der Waals surface area (Å²) in [5, 5.41) is 1.27. The van der Waals surface area contributed by atoms with Crippen molar-refractivity contribution in [1.82, 2.24) is 4.98 Å². The average molecular weight is 241 g/mol. The topological polar surface area (TPSA) is 52.0 Å². The van der Waals surface area contributed by atoms with E-state index in [1.54, 1.807) is 6.20 Å². The molecule has 15 heavy (non-hydrogen) atoms. The minimum Gasteiger partial charge on any atom is -0.440 e. The highest BCUT2D eigenvalue weighted by atomic mass is 35.5. The van der Waals surface area contributed by atoms with Crippen molar-refractivity contribution in [3.05, 3.63) is 41.2 Å². The molecular weight excluding hydrogens is 232 g/mol. The Balaban J connectivity index is 2.30. The maximum absolute atomic E-state index is 5.91. The number of hydrogen-bond acceptors (Lipinski definition) is 4. The second kappa shape index (κ2) is 4.70. The summed E-state index contributed by atoms with van der Waals surface area (Å²) in [6.45, 7) is 0.472. The monoisotopic (exact) mass is 240 g/mol. The quantitative estimate of drug-likeness (QED) is 0.896. The molecule has 0 saturated carbocycles. The summed E-state index contributed by atoms with van der Waals surface area (Å²) in [6.07, 6.45) is 3.14. The lowest BCUT2D eigenvalue weighted by molar-refractivity contribution is 0.454. The molecule has 2 N–H and O–H groups in total. The third-order valence-corrected chi connectivity index (χ3v) is 3.07. The Kier molecular flexibility index (Phi) is 3.30. The molecule has 0 radical (unpaired) electrons. The van der Waals surface area contributed by atoms with E-state index < -0.39 is 0 Å². The van der Waals surface area contributed by atoms with Crippen molar-refractivity contribution in [2.75, 3.05) is 0 Å². The highest BCUT2D eigenvalue weighted by Gasteiger charge is 2.06. The van der Waals surface area contributed by atoms with E-state index in [-0.39, 0.29) is 0 Å². The number of nitrogens with two attached hydrogens (primary N) is 1. The molecule has 5 heteroatoms. The van der Waals surface area contributed by atoms with Crippen LogP contribution in [0.2, 0.25) is 5.02 Å². The first-order chi connectivity index (χ1) is 7.29. The summed E-state index contributed by atoms with van der Waals surface area (Å²) in [5.74, 6) is 0. The van der Waals surface area contributed by atoms with Crippen LogP contribution in [0.4, 0.5) is 0 Å². The fraction of sp³-hybridized carbons (Fsp3) is 0.100. The Morgan fingerprint density at radius 3 is 3.00 bits per heavy atom. The molecule has 0 aliphatic carbocycles. The maximum atomic E-state index is 5.91. The van der Waals surface area contributed by atoms with Gasteiger partial charge in [-0.05, 0) is 29.5 Å². The SMILES string of the molecule is NCc1ccc(Cl)cc1Sc1ncco1. The minimum atomic E-state index is 0.472. The first-order valence-electron chi connectivity index (χ1n) is 4.35. The van der Waals surface area contributed by atoms with Gasteiger partial charge in [0.05, 0.1) is 6.20 Å². The van der Waals surface area contributed by atoms with Gasteiger partial charge in [-0.15, -0.1) is 0 Å². The summed E-state index contributed by atoms with van der Waals surface area (Å²) >= 11 is 7.33. The van der Waals surface area contributed by atoms with E-state index in [0.29, 0.717) is 16.8 Å². The van der Waals surface area contributed by atoms with Gasteiger partial charge in [0.2, 0.25) is 0 Å². The smallest absolute Gasteiger partial charge is 0.260 e. The van der Waals surface area contributed by atoms with Crippen LogP contribution in [0.1, 0.15) is 5.56 Å². The van der Waals surface area contributed by atoms with Crippen molar-refractivity contribution in [1.29, 1.82) is 0 Å². The molecular formula is C10H9ClN2OS. The van der Waals surface area contributed by atoms with Crippen molar-refractivity contribution in [2.45, 2.75) is 16.7 Å². The second-order valence-electron chi connectivity index (χ2n) is 2.86. The first kappa shape index (κ1) is 10.5. The van der Waals surface area contributed by atoms with Gasteiger partial charge in [-0.1, -0.05) is 17.7 Å². The van der Waals surface area contributed by atoms with Crippen LogP contribution in [-0.4, -0.2) is 4.98 Å². The summed E-state index contributed by atoms with van der Waals surface area (Å²) in [7, 11) is 0. The average Bonchev–Trinajstić information content (AvgIpc) is 2.71. The molecule has 3 nitrogen and oxygen atoms in total. The largest absolute Gasteiger partial charge is 0.440 e. The summed E-state index contributed by atoms with van der Waals surface area (Å²) in [6, 6.07) is 5.59.